The number of hydrogen-bond donors (Lipinski definition) is 3. The van der Waals surface area contributed by atoms with E-state index < -0.39 is 18.2 Å². The number of carbonyl (C=O) groups is 2. The highest BCUT2D eigenvalue weighted by atomic mass is 16.5. The molecule has 0 saturated carbocycles. The lowest BCUT2D eigenvalue weighted by Crippen LogP contribution is -2.46. The molecule has 0 fully saturated rings. The molecular weight excluding hydrogens is 803 g/mol. The van der Waals surface area contributed by atoms with E-state index in [1.165, 1.54) is 135 Å². The van der Waals surface area contributed by atoms with Gasteiger partial charge in [-0.25, -0.2) is 0 Å². The SMILES string of the molecule is CC/C=C/C=C/C=C/C=C\CCCCCCCC(=O)OC(CCCCC/C=C/CCCCCCCCCCC)CC(=O)NC(CO)C(O)CCCCCCCCCCCCCCCCC. The van der Waals surface area contributed by atoms with Gasteiger partial charge in [-0.05, 0) is 70.6 Å². The Morgan fingerprint density at radius 2 is 0.846 bits per heavy atom. The van der Waals surface area contributed by atoms with Crippen LogP contribution in [0.4, 0.5) is 0 Å². The van der Waals surface area contributed by atoms with Crippen LogP contribution in [0, 0.1) is 0 Å². The van der Waals surface area contributed by atoms with Gasteiger partial charge in [0.05, 0.1) is 25.2 Å². The highest BCUT2D eigenvalue weighted by Gasteiger charge is 2.24. The second-order valence-corrected chi connectivity index (χ2v) is 19.0. The molecule has 0 aromatic rings. The first-order valence-electron chi connectivity index (χ1n) is 28.1. The van der Waals surface area contributed by atoms with Crippen molar-refractivity contribution in [3.63, 3.8) is 0 Å². The fraction of sp³-hybridized carbons (Fsp3) is 0.797. The first kappa shape index (κ1) is 62.6. The van der Waals surface area contributed by atoms with Crippen LogP contribution in [0.2, 0.25) is 0 Å². The van der Waals surface area contributed by atoms with Gasteiger partial charge in [0, 0.05) is 6.42 Å². The van der Waals surface area contributed by atoms with Gasteiger partial charge in [0.25, 0.3) is 0 Å². The summed E-state index contributed by atoms with van der Waals surface area (Å²) in [5.74, 6) is -0.509. The predicted octanol–water partition coefficient (Wildman–Crippen LogP) is 17.2. The summed E-state index contributed by atoms with van der Waals surface area (Å²) >= 11 is 0. The first-order chi connectivity index (χ1) is 32.0. The third-order valence-electron chi connectivity index (χ3n) is 12.7. The van der Waals surface area contributed by atoms with Crippen LogP contribution in [-0.2, 0) is 14.3 Å². The van der Waals surface area contributed by atoms with Crippen LogP contribution in [0.15, 0.2) is 60.8 Å². The van der Waals surface area contributed by atoms with Crippen molar-refractivity contribution in [2.24, 2.45) is 0 Å². The van der Waals surface area contributed by atoms with E-state index in [0.717, 1.165) is 96.3 Å². The fourth-order valence-electron chi connectivity index (χ4n) is 8.44. The van der Waals surface area contributed by atoms with Crippen molar-refractivity contribution in [2.75, 3.05) is 6.61 Å². The molecule has 0 aromatic carbocycles. The van der Waals surface area contributed by atoms with E-state index in [-0.39, 0.29) is 24.9 Å². The Kier molecular flexibility index (Phi) is 50.6. The molecule has 6 nitrogen and oxygen atoms in total. The van der Waals surface area contributed by atoms with Crippen molar-refractivity contribution in [2.45, 2.75) is 296 Å². The molecule has 0 rings (SSSR count). The molecule has 6 heteroatoms. The van der Waals surface area contributed by atoms with Crippen LogP contribution in [0.5, 0.6) is 0 Å². The van der Waals surface area contributed by atoms with Crippen molar-refractivity contribution in [3.8, 4) is 0 Å². The molecule has 65 heavy (non-hydrogen) atoms. The van der Waals surface area contributed by atoms with Crippen molar-refractivity contribution in [1.29, 1.82) is 0 Å². The summed E-state index contributed by atoms with van der Waals surface area (Å²) in [6.07, 6.45) is 65.7. The molecule has 378 valence electrons. The van der Waals surface area contributed by atoms with Gasteiger partial charge in [-0.2, -0.15) is 0 Å². The van der Waals surface area contributed by atoms with E-state index in [1.54, 1.807) is 0 Å². The zero-order valence-electron chi connectivity index (χ0n) is 43.1. The minimum atomic E-state index is -0.798. The summed E-state index contributed by atoms with van der Waals surface area (Å²) in [5.41, 5.74) is 0. The standard InChI is InChI=1S/C59H107NO5/c1-4-7-10-13-16-19-22-25-28-31-32-35-38-41-44-47-50-55(65-59(64)52-49-46-43-40-37-34-30-27-24-21-18-15-12-9-6-3)53-58(63)60-56(54-61)57(62)51-48-45-42-39-36-33-29-26-23-20-17-14-11-8-5-2/h9,12,15,18,21,24,27,30,32,35,55-57,61-62H,4-8,10-11,13-14,16-17,19-20,22-23,25-26,28-29,31,33-34,36-54H2,1-3H3,(H,60,63)/b12-9+,18-15+,24-21+,30-27-,35-32+. The van der Waals surface area contributed by atoms with Gasteiger partial charge in [-0.3, -0.25) is 9.59 Å². The molecule has 0 aromatic heterocycles. The minimum Gasteiger partial charge on any atom is -0.462 e. The summed E-state index contributed by atoms with van der Waals surface area (Å²) < 4.78 is 5.94. The molecule has 3 N–H and O–H groups in total. The van der Waals surface area contributed by atoms with Crippen molar-refractivity contribution in [3.05, 3.63) is 60.8 Å². The lowest BCUT2D eigenvalue weighted by Gasteiger charge is -2.24. The molecule has 0 radical (unpaired) electrons. The lowest BCUT2D eigenvalue weighted by molar-refractivity contribution is -0.151. The third-order valence-corrected chi connectivity index (χ3v) is 12.7. The van der Waals surface area contributed by atoms with E-state index in [9.17, 15) is 19.8 Å². The number of esters is 1. The summed E-state index contributed by atoms with van der Waals surface area (Å²) in [7, 11) is 0. The Bertz CT molecular complexity index is 1160. The van der Waals surface area contributed by atoms with Crippen LogP contribution in [0.1, 0.15) is 278 Å². The van der Waals surface area contributed by atoms with Crippen LogP contribution < -0.4 is 5.32 Å². The summed E-state index contributed by atoms with van der Waals surface area (Å²) in [4.78, 5) is 26.2. The van der Waals surface area contributed by atoms with E-state index >= 15 is 0 Å². The highest BCUT2D eigenvalue weighted by Crippen LogP contribution is 2.18. The first-order valence-corrected chi connectivity index (χ1v) is 28.1. The zero-order valence-corrected chi connectivity index (χ0v) is 43.1. The second kappa shape index (κ2) is 52.5. The molecule has 0 saturated heterocycles. The Labute approximate surface area is 403 Å². The zero-order chi connectivity index (χ0) is 47.4. The van der Waals surface area contributed by atoms with Gasteiger partial charge in [-0.1, -0.05) is 255 Å². The third kappa shape index (κ3) is 47.8. The highest BCUT2D eigenvalue weighted by molar-refractivity contribution is 5.77. The van der Waals surface area contributed by atoms with Crippen molar-refractivity contribution < 1.29 is 24.5 Å². The van der Waals surface area contributed by atoms with Crippen molar-refractivity contribution >= 4 is 11.9 Å². The Hall–Kier alpha value is -2.44. The monoisotopic (exact) mass is 910 g/mol. The van der Waals surface area contributed by atoms with Gasteiger partial charge in [0.2, 0.25) is 5.91 Å². The quantitative estimate of drug-likeness (QED) is 0.0245. The van der Waals surface area contributed by atoms with Gasteiger partial charge < -0.3 is 20.3 Å². The number of unbranched alkanes of at least 4 members (excludes halogenated alkanes) is 31. The number of allylic oxidation sites excluding steroid dienone is 10. The topological polar surface area (TPSA) is 95.9 Å². The molecule has 0 heterocycles. The molecule has 3 atom stereocenters. The Balaban J connectivity index is 4.62. The molecule has 0 aliphatic rings. The normalized spacial score (nSPS) is 13.6. The number of ether oxygens (including phenoxy) is 1. The minimum absolute atomic E-state index is 0.0570. The van der Waals surface area contributed by atoms with E-state index in [2.05, 4.69) is 68.6 Å². The van der Waals surface area contributed by atoms with Crippen LogP contribution in [0.3, 0.4) is 0 Å². The second-order valence-electron chi connectivity index (χ2n) is 19.0. The molecular formula is C59H107NO5. The number of aliphatic hydroxyl groups is 2. The van der Waals surface area contributed by atoms with Crippen molar-refractivity contribution in [1.82, 2.24) is 5.32 Å². The molecule has 0 spiro atoms. The molecule has 0 aliphatic carbocycles. The Morgan fingerprint density at radius 3 is 1.32 bits per heavy atom. The number of amides is 1. The van der Waals surface area contributed by atoms with Gasteiger partial charge in [-0.15, -0.1) is 0 Å². The molecule has 0 bridgehead atoms. The largest absolute Gasteiger partial charge is 0.462 e. The lowest BCUT2D eigenvalue weighted by atomic mass is 10.0. The van der Waals surface area contributed by atoms with E-state index in [0.29, 0.717) is 19.3 Å². The summed E-state index contributed by atoms with van der Waals surface area (Å²) in [5, 5.41) is 23.9. The van der Waals surface area contributed by atoms with Crippen LogP contribution in [0.25, 0.3) is 0 Å². The number of hydrogen-bond acceptors (Lipinski definition) is 5. The summed E-state index contributed by atoms with van der Waals surface area (Å²) in [6, 6.07) is -0.713. The maximum Gasteiger partial charge on any atom is 0.306 e. The van der Waals surface area contributed by atoms with Crippen LogP contribution >= 0.6 is 0 Å². The van der Waals surface area contributed by atoms with E-state index in [4.69, 9.17) is 4.74 Å². The molecule has 0 aliphatic heterocycles. The number of aliphatic hydroxyl groups excluding tert-OH is 2. The number of nitrogens with one attached hydrogen (secondary N) is 1. The van der Waals surface area contributed by atoms with Gasteiger partial charge in [0.1, 0.15) is 6.10 Å². The number of carbonyl (C=O) groups excluding carboxylic acids is 2. The molecule has 3 unspecified atom stereocenters. The average Bonchev–Trinajstić information content (AvgIpc) is 3.30. The maximum absolute atomic E-state index is 13.3. The van der Waals surface area contributed by atoms with Gasteiger partial charge >= 0.3 is 5.97 Å². The predicted molar refractivity (Wildman–Crippen MR) is 282 cm³/mol. The summed E-state index contributed by atoms with van der Waals surface area (Å²) in [6.45, 7) is 6.36. The maximum atomic E-state index is 13.3. The van der Waals surface area contributed by atoms with E-state index in [1.807, 2.05) is 18.2 Å². The Morgan fingerprint density at radius 1 is 0.462 bits per heavy atom. The average molecular weight is 911 g/mol. The smallest absolute Gasteiger partial charge is 0.306 e. The number of rotatable bonds is 50. The van der Waals surface area contributed by atoms with Crippen LogP contribution in [-0.4, -0.2) is 46.9 Å². The fourth-order valence-corrected chi connectivity index (χ4v) is 8.44. The molecule has 1 amide bonds. The van der Waals surface area contributed by atoms with Gasteiger partial charge in [0.15, 0.2) is 0 Å².